The van der Waals surface area contributed by atoms with E-state index < -0.39 is 106 Å². The smallest absolute Gasteiger partial charge is 0.297 e. The molecule has 6 atom stereocenters. The van der Waals surface area contributed by atoms with Gasteiger partial charge in [-0.25, -0.2) is 0 Å². The van der Waals surface area contributed by atoms with Gasteiger partial charge in [0.05, 0.1) is 47.0 Å². The molecule has 2 aliphatic carbocycles. The second-order valence-electron chi connectivity index (χ2n) is 12.5. The van der Waals surface area contributed by atoms with Gasteiger partial charge in [0.25, 0.3) is 10.1 Å². The molecule has 0 radical (unpaired) electrons. The van der Waals surface area contributed by atoms with Crippen molar-refractivity contribution in [3.8, 4) is 17.2 Å². The van der Waals surface area contributed by atoms with Crippen LogP contribution in [0.2, 0.25) is 0 Å². The van der Waals surface area contributed by atoms with Gasteiger partial charge in [0, 0.05) is 42.0 Å². The minimum atomic E-state index is -4.43. The lowest BCUT2D eigenvalue weighted by Crippen LogP contribution is -2.53. The molecule has 3 aromatic carbocycles. The van der Waals surface area contributed by atoms with Gasteiger partial charge in [0.2, 0.25) is 5.78 Å². The fourth-order valence-electron chi connectivity index (χ4n) is 6.64. The molecule has 1 fully saturated rings. The average Bonchev–Trinajstić information content (AvgIpc) is 3.06. The number of aliphatic hydroxyl groups excluding tert-OH is 1. The van der Waals surface area contributed by atoms with Gasteiger partial charge in [-0.05, 0) is 32.0 Å². The zero-order valence-electron chi connectivity index (χ0n) is 27.1. The quantitative estimate of drug-likeness (QED) is 0.129. The number of nitrogens with two attached hydrogens (primary N) is 1. The standard InChI is InChI=1S/C34H35NO13S.ClH/c1-15-7-9-17(10-8-15)49(43,44)46-14-23(36)34(42)12-19-26(22(13-34)48-24-11-20(35)29(37)16(2)47-24)33(41)28-27(31(19)39)30(38)18-5-4-6-21(45-3)25(18)32(28)40;/h4-10,16,20,22,24,29,37,39,41-42H,11-14,35H2,1-3H3;1H/t16?,20?,22-,24?,29?,34-;/m0./s1. The van der Waals surface area contributed by atoms with Gasteiger partial charge >= 0.3 is 0 Å². The molecular formula is C34H36ClNO13S. The van der Waals surface area contributed by atoms with Crippen molar-refractivity contribution in [3.63, 3.8) is 0 Å². The number of rotatable bonds is 8. The van der Waals surface area contributed by atoms with E-state index in [9.17, 15) is 43.2 Å². The number of ether oxygens (including phenoxy) is 3. The maximum absolute atomic E-state index is 13.9. The predicted molar refractivity (Wildman–Crippen MR) is 176 cm³/mol. The molecule has 0 aromatic heterocycles. The zero-order chi connectivity index (χ0) is 35.6. The maximum Gasteiger partial charge on any atom is 0.297 e. The number of carbonyl (C=O) groups is 3. The Balaban J connectivity index is 0.00000486. The molecule has 1 aliphatic heterocycles. The molecule has 50 heavy (non-hydrogen) atoms. The second kappa shape index (κ2) is 13.7. The number of aliphatic hydroxyl groups is 2. The van der Waals surface area contributed by atoms with E-state index >= 15 is 0 Å². The van der Waals surface area contributed by atoms with Crippen molar-refractivity contribution in [2.45, 2.75) is 74.3 Å². The third-order valence-electron chi connectivity index (χ3n) is 9.32. The minimum absolute atomic E-state index is 0. The van der Waals surface area contributed by atoms with Crippen molar-refractivity contribution >= 4 is 39.9 Å². The van der Waals surface area contributed by atoms with Crippen LogP contribution in [0.3, 0.4) is 0 Å². The first-order chi connectivity index (χ1) is 23.1. The van der Waals surface area contributed by atoms with Crippen LogP contribution in [0.25, 0.3) is 0 Å². The normalized spacial score (nSPS) is 25.9. The number of benzene rings is 3. The summed E-state index contributed by atoms with van der Waals surface area (Å²) in [5.74, 6) is -4.22. The maximum atomic E-state index is 13.9. The molecule has 3 aliphatic rings. The van der Waals surface area contributed by atoms with Gasteiger partial charge in [0.15, 0.2) is 17.9 Å². The monoisotopic (exact) mass is 733 g/mol. The zero-order valence-corrected chi connectivity index (χ0v) is 28.7. The van der Waals surface area contributed by atoms with E-state index in [1.54, 1.807) is 26.0 Å². The Morgan fingerprint density at radius 3 is 2.34 bits per heavy atom. The molecule has 14 nitrogen and oxygen atoms in total. The highest BCUT2D eigenvalue weighted by Gasteiger charge is 2.50. The van der Waals surface area contributed by atoms with Crippen molar-refractivity contribution in [3.05, 3.63) is 81.4 Å². The minimum Gasteiger partial charge on any atom is -0.507 e. The molecule has 16 heteroatoms. The molecular weight excluding hydrogens is 698 g/mol. The second-order valence-corrected chi connectivity index (χ2v) is 14.1. The lowest BCUT2D eigenvalue weighted by molar-refractivity contribution is -0.247. The predicted octanol–water partition coefficient (Wildman–Crippen LogP) is 2.14. The van der Waals surface area contributed by atoms with Crippen molar-refractivity contribution < 1.29 is 61.6 Å². The Labute approximate surface area is 293 Å². The summed E-state index contributed by atoms with van der Waals surface area (Å²) in [5.41, 5.74) is 2.60. The van der Waals surface area contributed by atoms with Crippen LogP contribution >= 0.6 is 12.4 Å². The Morgan fingerprint density at radius 2 is 1.70 bits per heavy atom. The van der Waals surface area contributed by atoms with Gasteiger partial charge in [-0.3, -0.25) is 18.6 Å². The van der Waals surface area contributed by atoms with Crippen molar-refractivity contribution in [1.29, 1.82) is 0 Å². The lowest BCUT2D eigenvalue weighted by atomic mass is 9.72. The Kier molecular flexibility index (Phi) is 10.2. The molecule has 4 unspecified atom stereocenters. The van der Waals surface area contributed by atoms with E-state index in [0.29, 0.717) is 0 Å². The molecule has 1 saturated heterocycles. The van der Waals surface area contributed by atoms with Gasteiger partial charge in [-0.15, -0.1) is 12.4 Å². The summed E-state index contributed by atoms with van der Waals surface area (Å²) < 4.78 is 47.9. The molecule has 6 N–H and O–H groups in total. The first kappa shape index (κ1) is 37.3. The Morgan fingerprint density at radius 1 is 1.04 bits per heavy atom. The van der Waals surface area contributed by atoms with E-state index in [2.05, 4.69) is 0 Å². The van der Waals surface area contributed by atoms with Crippen LogP contribution in [0.5, 0.6) is 17.2 Å². The first-order valence-corrected chi connectivity index (χ1v) is 16.8. The number of phenols is 2. The van der Waals surface area contributed by atoms with Crippen molar-refractivity contribution in [2.24, 2.45) is 5.73 Å². The fraction of sp³-hybridized carbons (Fsp3) is 0.382. The average molecular weight is 734 g/mol. The van der Waals surface area contributed by atoms with Crippen LogP contribution < -0.4 is 10.5 Å². The Bertz CT molecular complexity index is 1970. The Hall–Kier alpha value is -3.93. The van der Waals surface area contributed by atoms with Crippen molar-refractivity contribution in [2.75, 3.05) is 13.7 Å². The number of aromatic hydroxyl groups is 2. The van der Waals surface area contributed by atoms with Crippen molar-refractivity contribution in [1.82, 2.24) is 0 Å². The molecule has 268 valence electrons. The molecule has 1 heterocycles. The number of hydrogen-bond donors (Lipinski definition) is 5. The van der Waals surface area contributed by atoms with Crippen LogP contribution in [0.1, 0.15) is 74.4 Å². The van der Waals surface area contributed by atoms with Gasteiger partial charge in [-0.1, -0.05) is 29.8 Å². The molecule has 0 bridgehead atoms. The summed E-state index contributed by atoms with van der Waals surface area (Å²) in [5, 5.41) is 45.5. The molecule has 0 saturated carbocycles. The highest BCUT2D eigenvalue weighted by atomic mass is 35.5. The summed E-state index contributed by atoms with van der Waals surface area (Å²) in [6.45, 7) is 2.20. The number of hydrogen-bond acceptors (Lipinski definition) is 14. The number of phenolic OH excluding ortho intramolecular Hbond substituents is 2. The lowest BCUT2D eigenvalue weighted by Gasteiger charge is -2.42. The number of carbonyl (C=O) groups excluding carboxylic acids is 3. The van der Waals surface area contributed by atoms with Gasteiger partial charge in [0.1, 0.15) is 29.5 Å². The van der Waals surface area contributed by atoms with E-state index in [1.807, 2.05) is 0 Å². The summed E-state index contributed by atoms with van der Waals surface area (Å²) >= 11 is 0. The molecule has 6 rings (SSSR count). The van der Waals surface area contributed by atoms with Crippen LogP contribution in [-0.2, 0) is 35.0 Å². The molecule has 3 aromatic rings. The molecule has 0 amide bonds. The van der Waals surface area contributed by atoms with Crippen LogP contribution in [0, 0.1) is 6.92 Å². The van der Waals surface area contributed by atoms with E-state index in [1.165, 1.54) is 37.4 Å². The number of aryl methyl sites for hydroxylation is 1. The summed E-state index contributed by atoms with van der Waals surface area (Å²) in [6.07, 6.45) is -5.86. The van der Waals surface area contributed by atoms with E-state index in [-0.39, 0.29) is 51.7 Å². The third kappa shape index (κ3) is 6.28. The summed E-state index contributed by atoms with van der Waals surface area (Å²) in [7, 11) is -3.13. The third-order valence-corrected chi connectivity index (χ3v) is 10.6. The van der Waals surface area contributed by atoms with Crippen LogP contribution in [-0.4, -0.2) is 90.1 Å². The van der Waals surface area contributed by atoms with E-state index in [4.69, 9.17) is 24.1 Å². The first-order valence-electron chi connectivity index (χ1n) is 15.4. The molecule has 0 spiro atoms. The van der Waals surface area contributed by atoms with Crippen LogP contribution in [0.4, 0.5) is 0 Å². The highest BCUT2D eigenvalue weighted by molar-refractivity contribution is 7.86. The summed E-state index contributed by atoms with van der Waals surface area (Å²) in [6, 6.07) is 9.17. The van der Waals surface area contributed by atoms with Gasteiger partial charge in [-0.2, -0.15) is 8.42 Å². The number of fused-ring (bicyclic) bond motifs is 3. The topological polar surface area (TPSA) is 229 Å². The number of ketones is 3. The fourth-order valence-corrected chi connectivity index (χ4v) is 7.51. The highest BCUT2D eigenvalue weighted by Crippen LogP contribution is 2.52. The largest absolute Gasteiger partial charge is 0.507 e. The number of methoxy groups -OCH3 is 1. The summed E-state index contributed by atoms with van der Waals surface area (Å²) in [4.78, 5) is 41.0. The SMILES string of the molecule is COc1cccc2c1C(=O)c1c(O)c3c(c(O)c1C2=O)C[C@@](O)(C(=O)COS(=O)(=O)c1ccc(C)cc1)C[C@@H]3OC1CC(N)C(O)C(C)O1.Cl. The number of halogens is 1. The van der Waals surface area contributed by atoms with Gasteiger partial charge < -0.3 is 40.4 Å². The number of Topliss-reactive ketones (excluding diaryl/α,β-unsaturated/α-hetero) is 1. The van der Waals surface area contributed by atoms with E-state index in [0.717, 1.165) is 5.56 Å². The van der Waals surface area contributed by atoms with Crippen LogP contribution in [0.15, 0.2) is 47.4 Å².